The smallest absolute Gasteiger partial charge is 0.347 e. The molecule has 0 spiro atoms. The van der Waals surface area contributed by atoms with Gasteiger partial charge in [0.25, 0.3) is 5.91 Å². The second-order valence-electron chi connectivity index (χ2n) is 9.51. The molecule has 5 rings (SSSR count). The van der Waals surface area contributed by atoms with Crippen LogP contribution in [-0.2, 0) is 29.2 Å². The van der Waals surface area contributed by atoms with E-state index >= 15 is 0 Å². The first-order chi connectivity index (χ1) is 19.0. The zero-order chi connectivity index (χ0) is 28.8. The van der Waals surface area contributed by atoms with Crippen molar-refractivity contribution >= 4 is 40.9 Å². The molecule has 1 aliphatic carbocycles. The van der Waals surface area contributed by atoms with Gasteiger partial charge in [0.15, 0.2) is 0 Å². The number of amides is 3. The summed E-state index contributed by atoms with van der Waals surface area (Å²) in [6.45, 7) is -0.327. The fourth-order valence-electron chi connectivity index (χ4n) is 5.05. The molecule has 2 N–H and O–H groups in total. The van der Waals surface area contributed by atoms with Crippen molar-refractivity contribution in [3.63, 3.8) is 0 Å². The number of hydrogen-bond donors (Lipinski definition) is 2. The Morgan fingerprint density at radius 2 is 1.77 bits per heavy atom. The highest BCUT2D eigenvalue weighted by Crippen LogP contribution is 2.34. The maximum Gasteiger partial charge on any atom is 0.416 e. The fraction of sp³-hybridized carbons (Fsp3) is 0.259. The van der Waals surface area contributed by atoms with Gasteiger partial charge >= 0.3 is 6.18 Å². The van der Waals surface area contributed by atoms with Gasteiger partial charge in [-0.15, -0.1) is 0 Å². The zero-order valence-corrected chi connectivity index (χ0v) is 22.4. The minimum atomic E-state index is -4.64. The van der Waals surface area contributed by atoms with Gasteiger partial charge in [-0.2, -0.15) is 18.3 Å². The van der Waals surface area contributed by atoms with E-state index in [4.69, 9.17) is 23.2 Å². The Hall–Kier alpha value is -3.83. The number of likely N-dealkylation sites (tertiary alicyclic amines) is 1. The van der Waals surface area contributed by atoms with E-state index in [1.165, 1.54) is 35.1 Å². The largest absolute Gasteiger partial charge is 0.416 e. The van der Waals surface area contributed by atoms with Crippen LogP contribution in [0.25, 0.3) is 11.4 Å². The lowest BCUT2D eigenvalue weighted by molar-refractivity contribution is -0.141. The second kappa shape index (κ2) is 10.6. The zero-order valence-electron chi connectivity index (χ0n) is 20.9. The van der Waals surface area contributed by atoms with Gasteiger partial charge in [-0.05, 0) is 24.1 Å². The molecule has 0 bridgehead atoms. The molecule has 8 nitrogen and oxygen atoms in total. The highest BCUT2D eigenvalue weighted by Gasteiger charge is 2.46. The summed E-state index contributed by atoms with van der Waals surface area (Å²) < 4.78 is 42.7. The number of alkyl halides is 3. The van der Waals surface area contributed by atoms with E-state index < -0.39 is 47.3 Å². The summed E-state index contributed by atoms with van der Waals surface area (Å²) in [6, 6.07) is 5.34. The van der Waals surface area contributed by atoms with Crippen LogP contribution in [0.1, 0.15) is 21.5 Å². The number of benzene rings is 1. The first kappa shape index (κ1) is 27.7. The highest BCUT2D eigenvalue weighted by atomic mass is 35.5. The quantitative estimate of drug-likeness (QED) is 0.385. The van der Waals surface area contributed by atoms with E-state index in [1.54, 1.807) is 31.4 Å². The minimum Gasteiger partial charge on any atom is -0.347 e. The molecule has 0 saturated carbocycles. The summed E-state index contributed by atoms with van der Waals surface area (Å²) >= 11 is 12.5. The van der Waals surface area contributed by atoms with E-state index in [1.807, 2.05) is 0 Å². The minimum absolute atomic E-state index is 0.00153. The topological polar surface area (TPSA) is 100 Å². The third-order valence-electron chi connectivity index (χ3n) is 6.93. The Kier molecular flexibility index (Phi) is 7.36. The van der Waals surface area contributed by atoms with Crippen LogP contribution in [0, 0.1) is 11.8 Å². The van der Waals surface area contributed by atoms with Crippen molar-refractivity contribution < 1.29 is 27.6 Å². The van der Waals surface area contributed by atoms with Crippen molar-refractivity contribution in [2.24, 2.45) is 18.9 Å². The molecular weight excluding hydrogens is 570 g/mol. The Labute approximate surface area is 236 Å². The number of halogens is 5. The monoisotopic (exact) mass is 591 g/mol. The lowest BCUT2D eigenvalue weighted by Gasteiger charge is -2.25. The third kappa shape index (κ3) is 5.18. The van der Waals surface area contributed by atoms with E-state index in [0.29, 0.717) is 16.4 Å². The van der Waals surface area contributed by atoms with Gasteiger partial charge in [-0.1, -0.05) is 65.7 Å². The molecule has 2 unspecified atom stereocenters. The van der Waals surface area contributed by atoms with Crippen LogP contribution in [0.15, 0.2) is 60.8 Å². The number of nitrogens with zero attached hydrogens (tertiary/aromatic N) is 3. The van der Waals surface area contributed by atoms with Crippen LogP contribution in [0.5, 0.6) is 0 Å². The van der Waals surface area contributed by atoms with Crippen molar-refractivity contribution in [2.45, 2.75) is 18.6 Å². The van der Waals surface area contributed by atoms with E-state index in [0.717, 1.165) is 11.0 Å². The number of hydrogen-bond acceptors (Lipinski definition) is 4. The van der Waals surface area contributed by atoms with Crippen LogP contribution in [0.4, 0.5) is 13.2 Å². The number of allylic oxidation sites excluding steroid dienone is 2. The van der Waals surface area contributed by atoms with Gasteiger partial charge in [0.1, 0.15) is 10.8 Å². The fourth-order valence-corrected chi connectivity index (χ4v) is 5.56. The first-order valence-corrected chi connectivity index (χ1v) is 12.9. The maximum atomic E-state index is 13.8. The molecule has 3 amide bonds. The lowest BCUT2D eigenvalue weighted by Crippen LogP contribution is -2.47. The van der Waals surface area contributed by atoms with Gasteiger partial charge < -0.3 is 10.3 Å². The normalized spacial score (nSPS) is 19.3. The molecule has 3 aromatic rings. The molecule has 1 aliphatic heterocycles. The predicted molar refractivity (Wildman–Crippen MR) is 141 cm³/mol. The molecular formula is C27H22Cl2F3N5O3. The maximum absolute atomic E-state index is 13.8. The number of H-pyrrole nitrogens is 1. The Morgan fingerprint density at radius 3 is 2.38 bits per heavy atom. The van der Waals surface area contributed by atoms with Crippen molar-refractivity contribution in [1.82, 2.24) is 25.0 Å². The average molecular weight is 592 g/mol. The standard InChI is InChI=1S/C27H22Cl2F3N5O3/c1-36-22(20(28)12-33-36)21-11-18(23(29)35-21)24(38)34-15(10-14-6-2-5-9-19(14)27(30,31)32)13-37-25(39)16-7-3-4-8-17(16)26(37)40/h2-9,11-12,15-17,35H,10,13H2,1H3,(H,34,38)/t15-,16?,17?/m0/s1. The van der Waals surface area contributed by atoms with Crippen molar-refractivity contribution in [1.29, 1.82) is 0 Å². The van der Waals surface area contributed by atoms with Crippen LogP contribution in [-0.4, -0.2) is 50.0 Å². The third-order valence-corrected chi connectivity index (χ3v) is 7.50. The number of carbonyl (C=O) groups excluding carboxylic acids is 3. The number of nitrogens with one attached hydrogen (secondary N) is 2. The van der Waals surface area contributed by atoms with E-state index in [-0.39, 0.29) is 29.2 Å². The predicted octanol–water partition coefficient (Wildman–Crippen LogP) is 4.81. The van der Waals surface area contributed by atoms with Crippen molar-refractivity contribution in [2.75, 3.05) is 6.54 Å². The van der Waals surface area contributed by atoms with Gasteiger partial charge in [0.05, 0.1) is 45.9 Å². The molecule has 208 valence electrons. The summed E-state index contributed by atoms with van der Waals surface area (Å²) in [4.78, 5) is 43.3. The molecule has 3 heterocycles. The van der Waals surface area contributed by atoms with Crippen LogP contribution in [0.3, 0.4) is 0 Å². The summed E-state index contributed by atoms with van der Waals surface area (Å²) in [5, 5.41) is 7.02. The second-order valence-corrected chi connectivity index (χ2v) is 10.3. The number of aromatic nitrogens is 3. The molecule has 40 heavy (non-hydrogen) atoms. The number of rotatable bonds is 7. The summed E-state index contributed by atoms with van der Waals surface area (Å²) in [5.41, 5.74) is -0.108. The number of aromatic amines is 1. The SMILES string of the molecule is Cn1ncc(Cl)c1-c1cc(C(=O)N[C@@H](Cc2ccccc2C(F)(F)F)CN2C(=O)C3C=CC=CC3C2=O)c(Cl)[nH]1. The number of fused-ring (bicyclic) bond motifs is 1. The van der Waals surface area contributed by atoms with Gasteiger partial charge in [-0.25, -0.2) is 0 Å². The molecule has 13 heteroatoms. The molecule has 1 saturated heterocycles. The van der Waals surface area contributed by atoms with Gasteiger partial charge in [-0.3, -0.25) is 24.0 Å². The van der Waals surface area contributed by atoms with Crippen LogP contribution < -0.4 is 5.32 Å². The molecule has 3 atom stereocenters. The highest BCUT2D eigenvalue weighted by molar-refractivity contribution is 6.34. The number of imide groups is 1. The Morgan fingerprint density at radius 1 is 1.12 bits per heavy atom. The molecule has 1 fully saturated rings. The van der Waals surface area contributed by atoms with Crippen LogP contribution >= 0.6 is 23.2 Å². The van der Waals surface area contributed by atoms with Crippen molar-refractivity contribution in [3.05, 3.63) is 87.7 Å². The Bertz CT molecular complexity index is 1510. The molecule has 2 aliphatic rings. The van der Waals surface area contributed by atoms with E-state index in [9.17, 15) is 27.6 Å². The molecule has 0 radical (unpaired) electrons. The van der Waals surface area contributed by atoms with Gasteiger partial charge in [0, 0.05) is 13.6 Å². The van der Waals surface area contributed by atoms with Gasteiger partial charge in [0.2, 0.25) is 11.8 Å². The summed E-state index contributed by atoms with van der Waals surface area (Å²) in [7, 11) is 1.65. The lowest BCUT2D eigenvalue weighted by atomic mass is 9.91. The van der Waals surface area contributed by atoms with E-state index in [2.05, 4.69) is 15.4 Å². The Balaban J connectivity index is 1.45. The summed E-state index contributed by atoms with van der Waals surface area (Å²) in [6.07, 6.45) is 3.03. The first-order valence-electron chi connectivity index (χ1n) is 12.2. The van der Waals surface area contributed by atoms with Crippen LogP contribution in [0.2, 0.25) is 10.2 Å². The average Bonchev–Trinajstić information content (AvgIpc) is 3.53. The number of aryl methyl sites for hydroxylation is 1. The van der Waals surface area contributed by atoms with Crippen molar-refractivity contribution in [3.8, 4) is 11.4 Å². The number of carbonyl (C=O) groups is 3. The summed E-state index contributed by atoms with van der Waals surface area (Å²) in [5.74, 6) is -3.06. The molecule has 1 aromatic carbocycles. The molecule has 2 aromatic heterocycles.